The highest BCUT2D eigenvalue weighted by atomic mass is 16.5. The highest BCUT2D eigenvalue weighted by Crippen LogP contribution is 2.36. The van der Waals surface area contributed by atoms with Gasteiger partial charge < -0.3 is 14.2 Å². The van der Waals surface area contributed by atoms with Crippen molar-refractivity contribution < 1.29 is 4.74 Å². The van der Waals surface area contributed by atoms with Gasteiger partial charge in [0.15, 0.2) is 11.5 Å². The van der Waals surface area contributed by atoms with Gasteiger partial charge >= 0.3 is 0 Å². The third kappa shape index (κ3) is 3.44. The summed E-state index contributed by atoms with van der Waals surface area (Å²) in [7, 11) is 0. The fourth-order valence-corrected chi connectivity index (χ4v) is 4.39. The molecule has 0 radical (unpaired) electrons. The minimum Gasteiger partial charge on any atom is -0.367 e. The quantitative estimate of drug-likeness (QED) is 0.489. The summed E-state index contributed by atoms with van der Waals surface area (Å²) < 4.78 is 10.4. The van der Waals surface area contributed by atoms with Crippen molar-refractivity contribution in [2.24, 2.45) is 0 Å². The van der Waals surface area contributed by atoms with Gasteiger partial charge in [0.25, 0.3) is 0 Å². The van der Waals surface area contributed by atoms with Crippen molar-refractivity contribution in [1.82, 2.24) is 29.3 Å². The summed E-state index contributed by atoms with van der Waals surface area (Å²) >= 11 is 0. The molecule has 1 saturated carbocycles. The first kappa shape index (κ1) is 19.4. The van der Waals surface area contributed by atoms with E-state index in [1.165, 1.54) is 12.8 Å². The second kappa shape index (κ2) is 7.41. The molecule has 2 aliphatic rings. The highest BCUT2D eigenvalue weighted by molar-refractivity contribution is 5.84. The van der Waals surface area contributed by atoms with Gasteiger partial charge in [-0.3, -0.25) is 4.68 Å². The van der Waals surface area contributed by atoms with E-state index in [1.54, 1.807) is 0 Å². The SMILES string of the molecule is Cc1cc2c(-n3cccc3)nc(N3C[C@@H](C)O[C@@H](c4cnn(C5CC5)c4)C3)nc2nc1C. The van der Waals surface area contributed by atoms with Gasteiger partial charge in [0.1, 0.15) is 6.10 Å². The molecule has 1 saturated heterocycles. The molecule has 32 heavy (non-hydrogen) atoms. The Morgan fingerprint density at radius 1 is 1.03 bits per heavy atom. The first-order valence-corrected chi connectivity index (χ1v) is 11.3. The summed E-state index contributed by atoms with van der Waals surface area (Å²) in [6.45, 7) is 7.61. The number of nitrogens with zero attached hydrogens (tertiary/aromatic N) is 7. The monoisotopic (exact) mass is 429 g/mol. The van der Waals surface area contributed by atoms with Crippen LogP contribution in [0.3, 0.4) is 0 Å². The molecule has 5 heterocycles. The fourth-order valence-electron chi connectivity index (χ4n) is 4.39. The van der Waals surface area contributed by atoms with Crippen LogP contribution in [0.25, 0.3) is 16.9 Å². The molecule has 0 unspecified atom stereocenters. The molecule has 8 heteroatoms. The van der Waals surface area contributed by atoms with E-state index in [0.29, 0.717) is 18.5 Å². The van der Waals surface area contributed by atoms with Crippen molar-refractivity contribution in [3.63, 3.8) is 0 Å². The number of fused-ring (bicyclic) bond motifs is 1. The summed E-state index contributed by atoms with van der Waals surface area (Å²) in [5, 5.41) is 5.51. The van der Waals surface area contributed by atoms with Gasteiger partial charge in [-0.25, -0.2) is 4.98 Å². The Labute approximate surface area is 186 Å². The summed E-state index contributed by atoms with van der Waals surface area (Å²) in [5.74, 6) is 1.54. The number of hydrogen-bond donors (Lipinski definition) is 0. The lowest BCUT2D eigenvalue weighted by Gasteiger charge is -2.36. The lowest BCUT2D eigenvalue weighted by Crippen LogP contribution is -2.43. The number of hydrogen-bond acceptors (Lipinski definition) is 6. The van der Waals surface area contributed by atoms with Crippen molar-refractivity contribution in [2.45, 2.75) is 51.9 Å². The maximum absolute atomic E-state index is 6.29. The van der Waals surface area contributed by atoms with Crippen molar-refractivity contribution in [3.05, 3.63) is 59.8 Å². The van der Waals surface area contributed by atoms with Crippen LogP contribution >= 0.6 is 0 Å². The van der Waals surface area contributed by atoms with Gasteiger partial charge in [0.2, 0.25) is 5.95 Å². The van der Waals surface area contributed by atoms with Crippen LogP contribution in [0.2, 0.25) is 0 Å². The summed E-state index contributed by atoms with van der Waals surface area (Å²) in [6.07, 6.45) is 10.5. The van der Waals surface area contributed by atoms with Crippen molar-refractivity contribution in [1.29, 1.82) is 0 Å². The van der Waals surface area contributed by atoms with E-state index in [0.717, 1.165) is 40.2 Å². The van der Waals surface area contributed by atoms with Crippen molar-refractivity contribution in [2.75, 3.05) is 18.0 Å². The van der Waals surface area contributed by atoms with Crippen LogP contribution < -0.4 is 4.90 Å². The van der Waals surface area contributed by atoms with Crippen LogP contribution in [0.1, 0.15) is 48.7 Å². The number of pyridine rings is 1. The Hall–Kier alpha value is -3.26. The normalized spacial score (nSPS) is 21.4. The van der Waals surface area contributed by atoms with Gasteiger partial charge in [-0.2, -0.15) is 15.1 Å². The molecule has 4 aromatic rings. The maximum atomic E-state index is 6.29. The van der Waals surface area contributed by atoms with Crippen LogP contribution in [0.5, 0.6) is 0 Å². The smallest absolute Gasteiger partial charge is 0.229 e. The summed E-state index contributed by atoms with van der Waals surface area (Å²) in [6, 6.07) is 6.71. The van der Waals surface area contributed by atoms with Gasteiger partial charge in [0, 0.05) is 36.4 Å². The fraction of sp³-hybridized carbons (Fsp3) is 0.417. The number of rotatable bonds is 4. The molecule has 8 nitrogen and oxygen atoms in total. The Morgan fingerprint density at radius 3 is 2.62 bits per heavy atom. The van der Waals surface area contributed by atoms with E-state index in [9.17, 15) is 0 Å². The first-order chi connectivity index (χ1) is 15.5. The second-order valence-electron chi connectivity index (χ2n) is 9.02. The van der Waals surface area contributed by atoms with Crippen molar-refractivity contribution >= 4 is 17.0 Å². The average molecular weight is 430 g/mol. The predicted octanol–water partition coefficient (Wildman–Crippen LogP) is 3.93. The van der Waals surface area contributed by atoms with Gasteiger partial charge in [-0.15, -0.1) is 0 Å². The van der Waals surface area contributed by atoms with E-state index in [4.69, 9.17) is 19.7 Å². The molecule has 6 rings (SSSR count). The highest BCUT2D eigenvalue weighted by Gasteiger charge is 2.31. The summed E-state index contributed by atoms with van der Waals surface area (Å²) in [4.78, 5) is 16.9. The molecule has 1 aliphatic heterocycles. The molecule has 0 amide bonds. The molecule has 2 atom stereocenters. The molecule has 4 aromatic heterocycles. The lowest BCUT2D eigenvalue weighted by molar-refractivity contribution is -0.0178. The molecule has 0 N–H and O–H groups in total. The van der Waals surface area contributed by atoms with Gasteiger partial charge in [0.05, 0.1) is 30.3 Å². The van der Waals surface area contributed by atoms with Gasteiger partial charge in [-0.1, -0.05) is 0 Å². The zero-order valence-electron chi connectivity index (χ0n) is 18.6. The van der Waals surface area contributed by atoms with Crippen LogP contribution in [0.15, 0.2) is 43.0 Å². The van der Waals surface area contributed by atoms with E-state index in [1.807, 2.05) is 42.2 Å². The lowest BCUT2D eigenvalue weighted by atomic mass is 10.1. The molecule has 0 bridgehead atoms. The van der Waals surface area contributed by atoms with Gasteiger partial charge in [-0.05, 0) is 57.4 Å². The zero-order valence-corrected chi connectivity index (χ0v) is 18.6. The van der Waals surface area contributed by atoms with Crippen LogP contribution in [0.4, 0.5) is 5.95 Å². The molecule has 0 spiro atoms. The van der Waals surface area contributed by atoms with E-state index in [-0.39, 0.29) is 12.2 Å². The Morgan fingerprint density at radius 2 is 1.84 bits per heavy atom. The third-order valence-corrected chi connectivity index (χ3v) is 6.41. The Balaban J connectivity index is 1.40. The molecule has 1 aliphatic carbocycles. The third-order valence-electron chi connectivity index (χ3n) is 6.41. The second-order valence-corrected chi connectivity index (χ2v) is 9.02. The van der Waals surface area contributed by atoms with Crippen LogP contribution in [0, 0.1) is 13.8 Å². The standard InChI is InChI=1S/C24H27N7O/c1-15-10-20-22(26-17(15)3)27-24(28-23(20)29-8-4-5-9-29)30-12-16(2)32-21(14-30)18-11-25-31(13-18)19-6-7-19/h4-5,8-11,13,16,19,21H,6-7,12,14H2,1-3H3/t16-,21-/m1/s1. The molecule has 0 aromatic carbocycles. The van der Waals surface area contributed by atoms with E-state index >= 15 is 0 Å². The van der Waals surface area contributed by atoms with Crippen molar-refractivity contribution in [3.8, 4) is 5.82 Å². The predicted molar refractivity (Wildman–Crippen MR) is 122 cm³/mol. The van der Waals surface area contributed by atoms with Crippen LogP contribution in [-0.4, -0.2) is 48.5 Å². The number of ether oxygens (including phenoxy) is 1. The maximum Gasteiger partial charge on any atom is 0.229 e. The Kier molecular flexibility index (Phi) is 4.50. The molecule has 164 valence electrons. The van der Waals surface area contributed by atoms with Crippen LogP contribution in [-0.2, 0) is 4.74 Å². The minimum atomic E-state index is -0.0618. The molecular weight excluding hydrogens is 402 g/mol. The minimum absolute atomic E-state index is 0.0556. The van der Waals surface area contributed by atoms with E-state index < -0.39 is 0 Å². The molecule has 2 fully saturated rings. The first-order valence-electron chi connectivity index (χ1n) is 11.3. The largest absolute Gasteiger partial charge is 0.367 e. The summed E-state index contributed by atoms with van der Waals surface area (Å²) in [5.41, 5.74) is 3.96. The zero-order chi connectivity index (χ0) is 21.8. The topological polar surface area (TPSA) is 73.9 Å². The number of aryl methyl sites for hydroxylation is 2. The number of anilines is 1. The Bertz CT molecular complexity index is 1280. The number of morpholine rings is 1. The molecular formula is C24H27N7O. The van der Waals surface area contributed by atoms with E-state index in [2.05, 4.69) is 40.8 Å². The average Bonchev–Trinajstić information content (AvgIpc) is 3.27. The number of aromatic nitrogens is 6.